The van der Waals surface area contributed by atoms with Crippen LogP contribution in [0.3, 0.4) is 0 Å². The number of benzene rings is 1. The van der Waals surface area contributed by atoms with Crippen molar-refractivity contribution >= 4 is 39.8 Å². The summed E-state index contributed by atoms with van der Waals surface area (Å²) < 4.78 is 6.02. The van der Waals surface area contributed by atoms with E-state index in [-0.39, 0.29) is 5.91 Å². The summed E-state index contributed by atoms with van der Waals surface area (Å²) in [7, 11) is 1.76. The third-order valence-corrected chi connectivity index (χ3v) is 5.35. The van der Waals surface area contributed by atoms with E-state index in [0.29, 0.717) is 17.4 Å². The van der Waals surface area contributed by atoms with Gasteiger partial charge in [-0.05, 0) is 36.8 Å². The molecule has 0 atom stereocenters. The average molecular weight is 374 g/mol. The lowest BCUT2D eigenvalue weighted by Crippen LogP contribution is -2.27. The Balaban J connectivity index is 1.50. The lowest BCUT2D eigenvalue weighted by Gasteiger charge is -2.14. The third kappa shape index (κ3) is 5.07. The summed E-state index contributed by atoms with van der Waals surface area (Å²) >= 11 is 2.82. The van der Waals surface area contributed by atoms with Crippen molar-refractivity contribution in [3.8, 4) is 0 Å². The predicted molar refractivity (Wildman–Crippen MR) is 100 cm³/mol. The highest BCUT2D eigenvalue weighted by Crippen LogP contribution is 2.28. The number of amides is 1. The van der Waals surface area contributed by atoms with Crippen LogP contribution in [0.15, 0.2) is 51.4 Å². The number of nitrogens with one attached hydrogen (secondary N) is 1. The number of hydrogen-bond acceptors (Lipinski definition) is 7. The molecule has 0 saturated carbocycles. The van der Waals surface area contributed by atoms with E-state index < -0.39 is 0 Å². The van der Waals surface area contributed by atoms with Crippen molar-refractivity contribution in [3.63, 3.8) is 0 Å². The highest BCUT2D eigenvalue weighted by Gasteiger charge is 2.13. The standard InChI is InChI=1S/C17H18N4O2S2/c1-12-5-3-6-13(9-12)18-16-19-20-17(25-16)24-11-15(22)21(2)10-14-7-4-8-23-14/h3-9H,10-11H2,1-2H3,(H,18,19). The van der Waals surface area contributed by atoms with Gasteiger partial charge in [-0.2, -0.15) is 0 Å². The molecule has 0 unspecified atom stereocenters. The van der Waals surface area contributed by atoms with Gasteiger partial charge in [0.1, 0.15) is 5.76 Å². The van der Waals surface area contributed by atoms with Crippen LogP contribution < -0.4 is 5.32 Å². The van der Waals surface area contributed by atoms with Crippen LogP contribution >= 0.6 is 23.1 Å². The van der Waals surface area contributed by atoms with E-state index in [2.05, 4.69) is 15.5 Å². The van der Waals surface area contributed by atoms with E-state index >= 15 is 0 Å². The van der Waals surface area contributed by atoms with E-state index in [1.807, 2.05) is 43.3 Å². The molecule has 3 aromatic rings. The van der Waals surface area contributed by atoms with Gasteiger partial charge in [-0.3, -0.25) is 4.79 Å². The maximum absolute atomic E-state index is 12.2. The number of nitrogens with zero attached hydrogens (tertiary/aromatic N) is 3. The number of anilines is 2. The topological polar surface area (TPSA) is 71.3 Å². The van der Waals surface area contributed by atoms with Gasteiger partial charge in [0.05, 0.1) is 18.6 Å². The molecule has 8 heteroatoms. The number of aromatic nitrogens is 2. The van der Waals surface area contributed by atoms with Crippen molar-refractivity contribution in [2.24, 2.45) is 0 Å². The first-order valence-corrected chi connectivity index (χ1v) is 9.47. The third-order valence-electron chi connectivity index (χ3n) is 3.39. The average Bonchev–Trinajstić information content (AvgIpc) is 3.24. The quantitative estimate of drug-likeness (QED) is 0.632. The van der Waals surface area contributed by atoms with E-state index in [4.69, 9.17) is 4.42 Å². The summed E-state index contributed by atoms with van der Waals surface area (Å²) in [6.07, 6.45) is 1.60. The van der Waals surface area contributed by atoms with Crippen LogP contribution in [0.5, 0.6) is 0 Å². The Hall–Kier alpha value is -2.32. The van der Waals surface area contributed by atoms with Crippen LogP contribution in [0.25, 0.3) is 0 Å². The first-order valence-electron chi connectivity index (χ1n) is 7.66. The van der Waals surface area contributed by atoms with Crippen molar-refractivity contribution in [1.29, 1.82) is 0 Å². The van der Waals surface area contributed by atoms with E-state index in [9.17, 15) is 4.79 Å². The van der Waals surface area contributed by atoms with Gasteiger partial charge < -0.3 is 14.6 Å². The molecule has 130 valence electrons. The lowest BCUT2D eigenvalue weighted by molar-refractivity contribution is -0.127. The van der Waals surface area contributed by atoms with Crippen molar-refractivity contribution in [1.82, 2.24) is 15.1 Å². The number of furan rings is 1. The van der Waals surface area contributed by atoms with Gasteiger partial charge in [0.15, 0.2) is 4.34 Å². The lowest BCUT2D eigenvalue weighted by atomic mass is 10.2. The fraction of sp³-hybridized carbons (Fsp3) is 0.235. The Labute approximate surface area is 154 Å². The minimum atomic E-state index is 0.0183. The molecule has 0 fully saturated rings. The highest BCUT2D eigenvalue weighted by atomic mass is 32.2. The number of rotatable bonds is 7. The second-order valence-corrected chi connectivity index (χ2v) is 7.69. The monoisotopic (exact) mass is 374 g/mol. The second kappa shape index (κ2) is 8.17. The van der Waals surface area contributed by atoms with Crippen molar-refractivity contribution in [2.45, 2.75) is 17.8 Å². The minimum absolute atomic E-state index is 0.0183. The normalized spacial score (nSPS) is 10.6. The second-order valence-electron chi connectivity index (χ2n) is 5.49. The maximum Gasteiger partial charge on any atom is 0.233 e. The van der Waals surface area contributed by atoms with Gasteiger partial charge in [0.2, 0.25) is 11.0 Å². The number of hydrogen-bond donors (Lipinski definition) is 1. The molecular weight excluding hydrogens is 356 g/mol. The van der Waals surface area contributed by atoms with Gasteiger partial charge in [0, 0.05) is 12.7 Å². The molecule has 1 N–H and O–H groups in total. The van der Waals surface area contributed by atoms with Crippen LogP contribution in [0.2, 0.25) is 0 Å². The molecule has 3 rings (SSSR count). The smallest absolute Gasteiger partial charge is 0.233 e. The molecule has 2 aromatic heterocycles. The largest absolute Gasteiger partial charge is 0.467 e. The number of carbonyl (C=O) groups is 1. The Morgan fingerprint density at radius 3 is 2.96 bits per heavy atom. The summed E-state index contributed by atoms with van der Waals surface area (Å²) in [6.45, 7) is 2.50. The molecule has 0 aliphatic rings. The summed E-state index contributed by atoms with van der Waals surface area (Å²) in [5.74, 6) is 1.10. The fourth-order valence-corrected chi connectivity index (χ4v) is 3.84. The zero-order valence-electron chi connectivity index (χ0n) is 13.9. The molecular formula is C17H18N4O2S2. The van der Waals surface area contributed by atoms with E-state index in [1.54, 1.807) is 18.2 Å². The Morgan fingerprint density at radius 1 is 1.32 bits per heavy atom. The predicted octanol–water partition coefficient (Wildman–Crippen LogP) is 3.93. The molecule has 0 radical (unpaired) electrons. The molecule has 6 nitrogen and oxygen atoms in total. The van der Waals surface area contributed by atoms with Crippen LogP contribution in [0.4, 0.5) is 10.8 Å². The molecule has 25 heavy (non-hydrogen) atoms. The maximum atomic E-state index is 12.2. The summed E-state index contributed by atoms with van der Waals surface area (Å²) in [5.41, 5.74) is 2.15. The zero-order valence-corrected chi connectivity index (χ0v) is 15.6. The summed E-state index contributed by atoms with van der Waals surface area (Å²) in [6, 6.07) is 11.7. The van der Waals surface area contributed by atoms with Gasteiger partial charge in [-0.1, -0.05) is 35.2 Å². The van der Waals surface area contributed by atoms with Crippen LogP contribution in [0.1, 0.15) is 11.3 Å². The van der Waals surface area contributed by atoms with E-state index in [0.717, 1.165) is 15.8 Å². The van der Waals surface area contributed by atoms with Crippen molar-refractivity contribution < 1.29 is 9.21 Å². The molecule has 0 aliphatic heterocycles. The zero-order chi connectivity index (χ0) is 17.6. The molecule has 0 aliphatic carbocycles. The fourth-order valence-electron chi connectivity index (χ4n) is 2.12. The first kappa shape index (κ1) is 17.5. The molecule has 1 aromatic carbocycles. The molecule has 2 heterocycles. The number of thioether (sulfide) groups is 1. The van der Waals surface area contributed by atoms with Gasteiger partial charge in [-0.25, -0.2) is 0 Å². The SMILES string of the molecule is Cc1cccc(Nc2nnc(SCC(=O)N(C)Cc3ccco3)s2)c1. The Bertz CT molecular complexity index is 833. The van der Waals surface area contributed by atoms with Gasteiger partial charge in [-0.15, -0.1) is 10.2 Å². The number of aryl methyl sites for hydroxylation is 1. The molecule has 1 amide bonds. The van der Waals surface area contributed by atoms with Crippen molar-refractivity contribution in [2.75, 3.05) is 18.1 Å². The minimum Gasteiger partial charge on any atom is -0.467 e. The Kier molecular flexibility index (Phi) is 5.72. The van der Waals surface area contributed by atoms with Gasteiger partial charge in [0.25, 0.3) is 0 Å². The number of carbonyl (C=O) groups excluding carboxylic acids is 1. The summed E-state index contributed by atoms with van der Waals surface area (Å²) in [4.78, 5) is 13.8. The van der Waals surface area contributed by atoms with Crippen LogP contribution in [-0.2, 0) is 11.3 Å². The molecule has 0 spiro atoms. The van der Waals surface area contributed by atoms with Crippen LogP contribution in [-0.4, -0.2) is 33.8 Å². The first-order chi connectivity index (χ1) is 12.1. The molecule has 0 saturated heterocycles. The Morgan fingerprint density at radius 2 is 2.20 bits per heavy atom. The summed E-state index contributed by atoms with van der Waals surface area (Å²) in [5, 5.41) is 12.2. The van der Waals surface area contributed by atoms with Crippen LogP contribution in [0, 0.1) is 6.92 Å². The van der Waals surface area contributed by atoms with Gasteiger partial charge >= 0.3 is 0 Å². The van der Waals surface area contributed by atoms with E-state index in [1.165, 1.54) is 28.7 Å². The van der Waals surface area contributed by atoms with Crippen molar-refractivity contribution in [3.05, 3.63) is 54.0 Å². The highest BCUT2D eigenvalue weighted by molar-refractivity contribution is 8.01. The molecule has 0 bridgehead atoms.